The molecule has 0 saturated heterocycles. The lowest BCUT2D eigenvalue weighted by atomic mass is 10.2. The van der Waals surface area contributed by atoms with Crippen LogP contribution >= 0.6 is 0 Å². The predicted molar refractivity (Wildman–Crippen MR) is 84.1 cm³/mol. The monoisotopic (exact) mass is 336 g/mol. The van der Waals surface area contributed by atoms with Crippen molar-refractivity contribution in [3.8, 4) is 11.5 Å². The maximum Gasteiger partial charge on any atom is 0.338 e. The zero-order chi connectivity index (χ0) is 17.5. The number of hydrogen-bond donors (Lipinski definition) is 2. The van der Waals surface area contributed by atoms with Crippen molar-refractivity contribution in [2.45, 2.75) is 13.8 Å². The van der Waals surface area contributed by atoms with Gasteiger partial charge in [-0.2, -0.15) is 0 Å². The number of imide groups is 1. The van der Waals surface area contributed by atoms with Gasteiger partial charge in [0, 0.05) is 6.54 Å². The summed E-state index contributed by atoms with van der Waals surface area (Å²) in [5.41, 5.74) is 0.233. The maximum atomic E-state index is 11.9. The molecule has 2 rings (SSSR count). The fourth-order valence-electron chi connectivity index (χ4n) is 1.89. The molecule has 1 heterocycles. The lowest BCUT2D eigenvalue weighted by Gasteiger charge is -2.18. The zero-order valence-electron chi connectivity index (χ0n) is 13.6. The summed E-state index contributed by atoms with van der Waals surface area (Å²) in [7, 11) is 0. The number of amides is 3. The molecule has 2 N–H and O–H groups in total. The number of carbonyl (C=O) groups excluding carboxylic acids is 3. The Morgan fingerprint density at radius 3 is 2.58 bits per heavy atom. The van der Waals surface area contributed by atoms with Gasteiger partial charge in [-0.25, -0.2) is 9.59 Å². The van der Waals surface area contributed by atoms with Gasteiger partial charge in [-0.3, -0.25) is 10.1 Å². The quantitative estimate of drug-likeness (QED) is 0.781. The van der Waals surface area contributed by atoms with E-state index in [1.807, 2.05) is 13.8 Å². The van der Waals surface area contributed by atoms with Crippen molar-refractivity contribution in [3.63, 3.8) is 0 Å². The molecular formula is C16H20N2O6. The molecule has 24 heavy (non-hydrogen) atoms. The summed E-state index contributed by atoms with van der Waals surface area (Å²) >= 11 is 0. The van der Waals surface area contributed by atoms with Crippen LogP contribution in [0.4, 0.5) is 4.79 Å². The van der Waals surface area contributed by atoms with E-state index in [0.717, 1.165) is 0 Å². The summed E-state index contributed by atoms with van der Waals surface area (Å²) in [4.78, 5) is 34.9. The van der Waals surface area contributed by atoms with Crippen LogP contribution in [0.1, 0.15) is 24.2 Å². The third kappa shape index (κ3) is 5.15. The molecule has 0 bridgehead atoms. The number of hydrogen-bond acceptors (Lipinski definition) is 6. The molecule has 0 fully saturated rings. The Labute approximate surface area is 139 Å². The van der Waals surface area contributed by atoms with E-state index in [0.29, 0.717) is 31.3 Å². The molecule has 1 aromatic carbocycles. The molecule has 1 aliphatic rings. The van der Waals surface area contributed by atoms with Gasteiger partial charge in [0.1, 0.15) is 13.2 Å². The maximum absolute atomic E-state index is 11.9. The SMILES string of the molecule is CC(C)CNC(=O)NC(=O)COC(=O)c1ccc2c(c1)OCCO2. The van der Waals surface area contributed by atoms with Crippen LogP contribution in [-0.2, 0) is 9.53 Å². The van der Waals surface area contributed by atoms with E-state index >= 15 is 0 Å². The van der Waals surface area contributed by atoms with Gasteiger partial charge in [0.05, 0.1) is 5.56 Å². The van der Waals surface area contributed by atoms with Gasteiger partial charge in [-0.1, -0.05) is 13.8 Å². The molecule has 3 amide bonds. The minimum absolute atomic E-state index is 0.233. The Balaban J connectivity index is 1.80. The zero-order valence-corrected chi connectivity index (χ0v) is 13.6. The van der Waals surface area contributed by atoms with Crippen molar-refractivity contribution in [2.24, 2.45) is 5.92 Å². The van der Waals surface area contributed by atoms with Crippen LogP contribution in [0.2, 0.25) is 0 Å². The number of rotatable bonds is 5. The van der Waals surface area contributed by atoms with Gasteiger partial charge in [-0.15, -0.1) is 0 Å². The van der Waals surface area contributed by atoms with Crippen LogP contribution in [0, 0.1) is 5.92 Å². The average molecular weight is 336 g/mol. The Kier molecular flexibility index (Phi) is 6.00. The first-order chi connectivity index (χ1) is 11.5. The Hall–Kier alpha value is -2.77. The van der Waals surface area contributed by atoms with Crippen LogP contribution in [0.15, 0.2) is 18.2 Å². The predicted octanol–water partition coefficient (Wildman–Crippen LogP) is 1.10. The van der Waals surface area contributed by atoms with E-state index in [2.05, 4.69) is 10.6 Å². The van der Waals surface area contributed by atoms with Crippen LogP contribution in [-0.4, -0.2) is 44.3 Å². The standard InChI is InChI=1S/C16H20N2O6/c1-10(2)8-17-16(21)18-14(19)9-24-15(20)11-3-4-12-13(7-11)23-6-5-22-12/h3-4,7,10H,5-6,8-9H2,1-2H3,(H2,17,18,19,21). The number of urea groups is 1. The lowest BCUT2D eigenvalue weighted by Crippen LogP contribution is -2.42. The first-order valence-corrected chi connectivity index (χ1v) is 7.60. The highest BCUT2D eigenvalue weighted by Crippen LogP contribution is 2.30. The Morgan fingerprint density at radius 1 is 1.17 bits per heavy atom. The van der Waals surface area contributed by atoms with Crippen molar-refractivity contribution in [2.75, 3.05) is 26.4 Å². The molecule has 0 radical (unpaired) electrons. The van der Waals surface area contributed by atoms with E-state index in [1.165, 1.54) is 12.1 Å². The van der Waals surface area contributed by atoms with Gasteiger partial charge in [-0.05, 0) is 24.1 Å². The first-order valence-electron chi connectivity index (χ1n) is 7.60. The van der Waals surface area contributed by atoms with Gasteiger partial charge in [0.15, 0.2) is 18.1 Å². The highest BCUT2D eigenvalue weighted by molar-refractivity contribution is 5.97. The van der Waals surface area contributed by atoms with Gasteiger partial charge >= 0.3 is 12.0 Å². The Morgan fingerprint density at radius 2 is 1.88 bits per heavy atom. The molecule has 0 spiro atoms. The van der Waals surface area contributed by atoms with E-state index in [1.54, 1.807) is 6.07 Å². The number of ether oxygens (including phenoxy) is 3. The highest BCUT2D eigenvalue weighted by Gasteiger charge is 2.17. The third-order valence-corrected chi connectivity index (χ3v) is 3.04. The van der Waals surface area contributed by atoms with Crippen molar-refractivity contribution in [1.82, 2.24) is 10.6 Å². The first kappa shape index (κ1) is 17.6. The molecule has 130 valence electrons. The summed E-state index contributed by atoms with van der Waals surface area (Å²) in [6.07, 6.45) is 0. The molecule has 8 nitrogen and oxygen atoms in total. The van der Waals surface area contributed by atoms with Gasteiger partial charge in [0.2, 0.25) is 0 Å². The van der Waals surface area contributed by atoms with E-state index < -0.39 is 24.5 Å². The second kappa shape index (κ2) is 8.19. The van der Waals surface area contributed by atoms with E-state index in [-0.39, 0.29) is 11.5 Å². The second-order valence-electron chi connectivity index (χ2n) is 5.59. The molecule has 0 saturated carbocycles. The molecule has 1 aromatic rings. The van der Waals surface area contributed by atoms with Crippen LogP contribution in [0.25, 0.3) is 0 Å². The number of fused-ring (bicyclic) bond motifs is 1. The van der Waals surface area contributed by atoms with Crippen molar-refractivity contribution in [1.29, 1.82) is 0 Å². The summed E-state index contributed by atoms with van der Waals surface area (Å²) in [5.74, 6) is -0.128. The number of carbonyl (C=O) groups is 3. The van der Waals surface area contributed by atoms with Crippen molar-refractivity contribution < 1.29 is 28.6 Å². The molecule has 1 aliphatic heterocycles. The average Bonchev–Trinajstić information content (AvgIpc) is 2.57. The largest absolute Gasteiger partial charge is 0.486 e. The molecule has 0 aromatic heterocycles. The minimum atomic E-state index is -0.706. The topological polar surface area (TPSA) is 103 Å². The fraction of sp³-hybridized carbons (Fsp3) is 0.438. The van der Waals surface area contributed by atoms with E-state index in [4.69, 9.17) is 14.2 Å². The third-order valence-electron chi connectivity index (χ3n) is 3.04. The molecule has 0 atom stereocenters. The molecule has 0 unspecified atom stereocenters. The highest BCUT2D eigenvalue weighted by atomic mass is 16.6. The fourth-order valence-corrected chi connectivity index (χ4v) is 1.89. The molecule has 8 heteroatoms. The number of nitrogens with one attached hydrogen (secondary N) is 2. The van der Waals surface area contributed by atoms with Crippen LogP contribution in [0.3, 0.4) is 0 Å². The second-order valence-corrected chi connectivity index (χ2v) is 5.59. The summed E-state index contributed by atoms with van der Waals surface area (Å²) in [6.45, 7) is 4.60. The van der Waals surface area contributed by atoms with Crippen LogP contribution in [0.5, 0.6) is 11.5 Å². The van der Waals surface area contributed by atoms with E-state index in [9.17, 15) is 14.4 Å². The molecular weight excluding hydrogens is 316 g/mol. The van der Waals surface area contributed by atoms with Crippen molar-refractivity contribution in [3.05, 3.63) is 23.8 Å². The Bertz CT molecular complexity index is 629. The normalized spacial score (nSPS) is 12.5. The lowest BCUT2D eigenvalue weighted by molar-refractivity contribution is -0.123. The minimum Gasteiger partial charge on any atom is -0.486 e. The number of esters is 1. The van der Waals surface area contributed by atoms with Crippen LogP contribution < -0.4 is 20.1 Å². The summed E-state index contributed by atoms with van der Waals surface area (Å²) < 4.78 is 15.6. The summed E-state index contributed by atoms with van der Waals surface area (Å²) in [6, 6.07) is 3.99. The number of benzene rings is 1. The van der Waals surface area contributed by atoms with Gasteiger partial charge < -0.3 is 19.5 Å². The summed E-state index contributed by atoms with van der Waals surface area (Å²) in [5, 5.41) is 4.61. The van der Waals surface area contributed by atoms with Crippen molar-refractivity contribution >= 4 is 17.9 Å². The van der Waals surface area contributed by atoms with Gasteiger partial charge in [0.25, 0.3) is 5.91 Å². The molecule has 0 aliphatic carbocycles. The smallest absolute Gasteiger partial charge is 0.338 e.